The molecule has 0 spiro atoms. The van der Waals surface area contributed by atoms with Gasteiger partial charge in [-0.3, -0.25) is 9.69 Å². The van der Waals surface area contributed by atoms with E-state index < -0.39 is 11.9 Å². The minimum absolute atomic E-state index is 0.0654. The highest BCUT2D eigenvalue weighted by Crippen LogP contribution is 2.30. The number of likely N-dealkylation sites (tertiary alicyclic amines) is 1. The van der Waals surface area contributed by atoms with Gasteiger partial charge in [-0.25, -0.2) is 9.59 Å². The summed E-state index contributed by atoms with van der Waals surface area (Å²) in [5.74, 6) is -1.83. The van der Waals surface area contributed by atoms with Gasteiger partial charge in [0.15, 0.2) is 11.5 Å². The molecule has 0 aliphatic carbocycles. The Balaban J connectivity index is 0.000000840. The summed E-state index contributed by atoms with van der Waals surface area (Å²) in [6, 6.07) is 16.3. The van der Waals surface area contributed by atoms with Crippen LogP contribution in [0.3, 0.4) is 0 Å². The van der Waals surface area contributed by atoms with Crippen LogP contribution in [0.4, 0.5) is 0 Å². The molecule has 0 saturated carbocycles. The molecule has 10 nitrogen and oxygen atoms in total. The number of hydrogen-bond acceptors (Lipinski definition) is 7. The first-order chi connectivity index (χ1) is 18.9. The fourth-order valence-electron chi connectivity index (χ4n) is 4.66. The van der Waals surface area contributed by atoms with E-state index in [9.17, 15) is 4.79 Å². The van der Waals surface area contributed by atoms with E-state index in [2.05, 4.69) is 67.3 Å². The number of benzene rings is 2. The highest BCUT2D eigenvalue weighted by Gasteiger charge is 2.27. The smallest absolute Gasteiger partial charge is 0.414 e. The Morgan fingerprint density at radius 1 is 0.975 bits per heavy atom. The number of carboxylic acids is 2. The number of ether oxygens (including phenoxy) is 2. The molecule has 1 aliphatic heterocycles. The Morgan fingerprint density at radius 3 is 2.15 bits per heavy atom. The summed E-state index contributed by atoms with van der Waals surface area (Å²) < 4.78 is 11.6. The van der Waals surface area contributed by atoms with E-state index in [4.69, 9.17) is 29.3 Å². The highest BCUT2D eigenvalue weighted by atomic mass is 16.5. The average Bonchev–Trinajstić information content (AvgIpc) is 2.91. The van der Waals surface area contributed by atoms with E-state index in [1.165, 1.54) is 5.56 Å². The molecule has 0 radical (unpaired) electrons. The van der Waals surface area contributed by atoms with E-state index in [0.29, 0.717) is 13.2 Å². The number of carboxylic acid groups (broad SMARTS) is 2. The molecular weight excluding hydrogens is 514 g/mol. The lowest BCUT2D eigenvalue weighted by molar-refractivity contribution is -0.159. The van der Waals surface area contributed by atoms with Crippen LogP contribution >= 0.6 is 0 Å². The van der Waals surface area contributed by atoms with Gasteiger partial charge in [-0.15, -0.1) is 0 Å². The number of carbonyl (C=O) groups excluding carboxylic acids is 1. The van der Waals surface area contributed by atoms with Crippen molar-refractivity contribution in [2.45, 2.75) is 39.8 Å². The first-order valence-electron chi connectivity index (χ1n) is 13.3. The average molecular weight is 558 g/mol. The van der Waals surface area contributed by atoms with Gasteiger partial charge in [0.05, 0.1) is 7.11 Å². The van der Waals surface area contributed by atoms with Crippen LogP contribution < -0.4 is 14.8 Å². The van der Waals surface area contributed by atoms with Crippen LogP contribution in [0.1, 0.15) is 37.8 Å². The van der Waals surface area contributed by atoms with Gasteiger partial charge in [-0.2, -0.15) is 0 Å². The van der Waals surface area contributed by atoms with Crippen molar-refractivity contribution in [1.82, 2.24) is 15.1 Å². The number of hydrogen-bond donors (Lipinski definition) is 3. The molecule has 1 heterocycles. The zero-order valence-corrected chi connectivity index (χ0v) is 24.2. The molecular formula is C30H43N3O7. The zero-order chi connectivity index (χ0) is 29.7. The van der Waals surface area contributed by atoms with Gasteiger partial charge in [0.1, 0.15) is 6.61 Å². The summed E-state index contributed by atoms with van der Waals surface area (Å²) >= 11 is 0. The largest absolute Gasteiger partial charge is 0.493 e. The number of amides is 1. The summed E-state index contributed by atoms with van der Waals surface area (Å²) in [5, 5.41) is 18.0. The van der Waals surface area contributed by atoms with E-state index in [1.807, 2.05) is 24.3 Å². The van der Waals surface area contributed by atoms with Crippen LogP contribution in [0.2, 0.25) is 0 Å². The van der Waals surface area contributed by atoms with Crippen LogP contribution in [0.25, 0.3) is 0 Å². The maximum Gasteiger partial charge on any atom is 0.414 e. The molecule has 3 rings (SSSR count). The maximum absolute atomic E-state index is 12.7. The SMILES string of the molecule is COc1cc(CN2CCC(C(=O)NCC(C)(C)CN(C)C)CC2)ccc1OCc1ccccc1.O=C(O)C(=O)O. The minimum atomic E-state index is -1.82. The van der Waals surface area contributed by atoms with Crippen molar-refractivity contribution in [3.05, 3.63) is 59.7 Å². The third kappa shape index (κ3) is 11.6. The van der Waals surface area contributed by atoms with Crippen molar-refractivity contribution in [3.8, 4) is 11.5 Å². The Bertz CT molecular complexity index is 1090. The van der Waals surface area contributed by atoms with E-state index in [0.717, 1.165) is 56.1 Å². The second-order valence-electron chi connectivity index (χ2n) is 11.0. The van der Waals surface area contributed by atoms with Gasteiger partial charge in [-0.1, -0.05) is 50.2 Å². The van der Waals surface area contributed by atoms with Crippen molar-refractivity contribution in [2.24, 2.45) is 11.3 Å². The van der Waals surface area contributed by atoms with Crippen LogP contribution in [0, 0.1) is 11.3 Å². The number of nitrogens with zero attached hydrogens (tertiary/aromatic N) is 2. The predicted octanol–water partition coefficient (Wildman–Crippen LogP) is 3.35. The molecule has 10 heteroatoms. The molecule has 1 aliphatic rings. The fraction of sp³-hybridized carbons (Fsp3) is 0.500. The summed E-state index contributed by atoms with van der Waals surface area (Å²) in [4.78, 5) is 35.5. The number of nitrogens with one attached hydrogen (secondary N) is 1. The van der Waals surface area contributed by atoms with Gasteiger partial charge >= 0.3 is 11.9 Å². The normalized spacial score (nSPS) is 14.2. The van der Waals surface area contributed by atoms with Crippen LogP contribution in [-0.2, 0) is 27.5 Å². The third-order valence-corrected chi connectivity index (χ3v) is 6.50. The van der Waals surface area contributed by atoms with Crippen LogP contribution in [0.5, 0.6) is 11.5 Å². The van der Waals surface area contributed by atoms with Gasteiger partial charge in [0.2, 0.25) is 5.91 Å². The minimum Gasteiger partial charge on any atom is -0.493 e. The van der Waals surface area contributed by atoms with Crippen molar-refractivity contribution in [1.29, 1.82) is 0 Å². The summed E-state index contributed by atoms with van der Waals surface area (Å²) in [7, 11) is 5.82. The molecule has 1 saturated heterocycles. The molecule has 0 bridgehead atoms. The fourth-order valence-corrected chi connectivity index (χ4v) is 4.66. The molecule has 220 valence electrons. The molecule has 1 fully saturated rings. The Morgan fingerprint density at radius 2 is 1.60 bits per heavy atom. The van der Waals surface area contributed by atoms with Crippen LogP contribution in [-0.4, -0.2) is 85.2 Å². The van der Waals surface area contributed by atoms with Crippen LogP contribution in [0.15, 0.2) is 48.5 Å². The zero-order valence-electron chi connectivity index (χ0n) is 24.2. The van der Waals surface area contributed by atoms with Crippen molar-refractivity contribution in [3.63, 3.8) is 0 Å². The molecule has 0 atom stereocenters. The van der Waals surface area contributed by atoms with Gasteiger partial charge in [0.25, 0.3) is 0 Å². The van der Waals surface area contributed by atoms with Crippen molar-refractivity contribution >= 4 is 17.8 Å². The van der Waals surface area contributed by atoms with Gasteiger partial charge in [0, 0.05) is 25.6 Å². The quantitative estimate of drug-likeness (QED) is 0.356. The summed E-state index contributed by atoms with van der Waals surface area (Å²) in [6.07, 6.45) is 1.80. The summed E-state index contributed by atoms with van der Waals surface area (Å²) in [6.45, 7) is 9.26. The molecule has 1 amide bonds. The number of carbonyl (C=O) groups is 3. The number of methoxy groups -OCH3 is 1. The number of piperidine rings is 1. The second-order valence-corrected chi connectivity index (χ2v) is 11.0. The van der Waals surface area contributed by atoms with Crippen molar-refractivity contribution in [2.75, 3.05) is 47.4 Å². The van der Waals surface area contributed by atoms with E-state index >= 15 is 0 Å². The first-order valence-corrected chi connectivity index (χ1v) is 13.3. The van der Waals surface area contributed by atoms with E-state index in [-0.39, 0.29) is 17.2 Å². The molecule has 0 aromatic heterocycles. The highest BCUT2D eigenvalue weighted by molar-refractivity contribution is 6.27. The Labute approximate surface area is 236 Å². The molecule has 2 aromatic carbocycles. The maximum atomic E-state index is 12.7. The lowest BCUT2D eigenvalue weighted by Gasteiger charge is -2.33. The molecule has 2 aromatic rings. The van der Waals surface area contributed by atoms with Crippen molar-refractivity contribution < 1.29 is 34.1 Å². The van der Waals surface area contributed by atoms with Gasteiger partial charge < -0.3 is 29.9 Å². The molecule has 40 heavy (non-hydrogen) atoms. The second kappa shape index (κ2) is 15.8. The lowest BCUT2D eigenvalue weighted by Crippen LogP contribution is -2.44. The Kier molecular flexibility index (Phi) is 12.9. The van der Waals surface area contributed by atoms with Gasteiger partial charge in [-0.05, 0) is 68.7 Å². The number of rotatable bonds is 11. The lowest BCUT2D eigenvalue weighted by atomic mass is 9.91. The first kappa shape index (κ1) is 32.6. The summed E-state index contributed by atoms with van der Waals surface area (Å²) in [5.41, 5.74) is 2.38. The predicted molar refractivity (Wildman–Crippen MR) is 152 cm³/mol. The monoisotopic (exact) mass is 557 g/mol. The number of aliphatic carboxylic acids is 2. The molecule has 0 unspecified atom stereocenters. The van der Waals surface area contributed by atoms with E-state index in [1.54, 1.807) is 7.11 Å². The third-order valence-electron chi connectivity index (χ3n) is 6.50. The standard InChI is InChI=1S/C28H41N3O3.C2H2O4/c1-28(2,21-30(3)4)20-29-27(32)24-13-15-31(16-14-24)18-23-11-12-25(26(17-23)33-5)34-19-22-9-7-6-8-10-22;3-1(4)2(5)6/h6-12,17,24H,13-16,18-21H2,1-5H3,(H,29,32);(H,3,4)(H,5,6). The topological polar surface area (TPSA) is 129 Å². The molecule has 3 N–H and O–H groups in total. The Hall–Kier alpha value is -3.63.